The Morgan fingerprint density at radius 3 is 2.92 bits per heavy atom. The summed E-state index contributed by atoms with van der Waals surface area (Å²) in [7, 11) is 0. The zero-order valence-corrected chi connectivity index (χ0v) is 15.1. The average molecular weight is 352 g/mol. The van der Waals surface area contributed by atoms with Crippen molar-refractivity contribution < 1.29 is 5.11 Å². The second kappa shape index (κ2) is 6.66. The molecule has 7 heteroatoms. The number of hydrogen-bond donors (Lipinski definition) is 3. The van der Waals surface area contributed by atoms with E-state index in [1.807, 2.05) is 28.8 Å². The third kappa shape index (κ3) is 3.40. The summed E-state index contributed by atoms with van der Waals surface area (Å²) in [5, 5.41) is 17.1. The van der Waals surface area contributed by atoms with E-state index in [0.717, 1.165) is 48.5 Å². The van der Waals surface area contributed by atoms with E-state index in [2.05, 4.69) is 25.6 Å². The third-order valence-corrected chi connectivity index (χ3v) is 4.76. The smallest absolute Gasteiger partial charge is 0.223 e. The van der Waals surface area contributed by atoms with Crippen LogP contribution in [-0.4, -0.2) is 43.6 Å². The van der Waals surface area contributed by atoms with Gasteiger partial charge in [-0.15, -0.1) is 0 Å². The molecule has 0 aliphatic carbocycles. The van der Waals surface area contributed by atoms with Crippen molar-refractivity contribution in [2.45, 2.75) is 38.3 Å². The SMILES string of the molecule is CC(C)(O)c1ccc2ncc(-c3ccnc(N[C@@H]4CCCNC4)n3)n2c1. The van der Waals surface area contributed by atoms with Gasteiger partial charge in [0.05, 0.1) is 23.2 Å². The second-order valence-corrected chi connectivity index (χ2v) is 7.30. The minimum Gasteiger partial charge on any atom is -0.386 e. The summed E-state index contributed by atoms with van der Waals surface area (Å²) in [6.07, 6.45) is 7.76. The molecular weight excluding hydrogens is 328 g/mol. The Hall–Kier alpha value is -2.51. The van der Waals surface area contributed by atoms with Crippen molar-refractivity contribution in [1.29, 1.82) is 0 Å². The quantitative estimate of drug-likeness (QED) is 0.667. The summed E-state index contributed by atoms with van der Waals surface area (Å²) >= 11 is 0. The molecule has 0 aromatic carbocycles. The number of aromatic nitrogens is 4. The van der Waals surface area contributed by atoms with Gasteiger partial charge in [-0.3, -0.25) is 4.40 Å². The van der Waals surface area contributed by atoms with Crippen LogP contribution in [0.15, 0.2) is 36.8 Å². The molecule has 0 unspecified atom stereocenters. The highest BCUT2D eigenvalue weighted by Gasteiger charge is 2.18. The van der Waals surface area contributed by atoms with Crippen LogP contribution in [0.3, 0.4) is 0 Å². The summed E-state index contributed by atoms with van der Waals surface area (Å²) < 4.78 is 1.96. The highest BCUT2D eigenvalue weighted by molar-refractivity contribution is 5.61. The average Bonchev–Trinajstić information content (AvgIpc) is 3.05. The predicted octanol–water partition coefficient (Wildman–Crippen LogP) is 2.18. The molecule has 4 heterocycles. The summed E-state index contributed by atoms with van der Waals surface area (Å²) in [4.78, 5) is 13.5. The van der Waals surface area contributed by atoms with Crippen molar-refractivity contribution in [3.8, 4) is 11.4 Å². The lowest BCUT2D eigenvalue weighted by Crippen LogP contribution is -2.38. The van der Waals surface area contributed by atoms with E-state index in [1.165, 1.54) is 0 Å². The normalized spacial score (nSPS) is 18.2. The highest BCUT2D eigenvalue weighted by Crippen LogP contribution is 2.24. The van der Waals surface area contributed by atoms with Gasteiger partial charge in [0.1, 0.15) is 5.65 Å². The molecule has 4 rings (SSSR count). The molecule has 0 amide bonds. The fourth-order valence-electron chi connectivity index (χ4n) is 3.26. The molecule has 3 N–H and O–H groups in total. The van der Waals surface area contributed by atoms with Crippen molar-refractivity contribution in [3.63, 3.8) is 0 Å². The minimum absolute atomic E-state index is 0.350. The fourth-order valence-corrected chi connectivity index (χ4v) is 3.26. The van der Waals surface area contributed by atoms with Crippen LogP contribution >= 0.6 is 0 Å². The molecule has 1 aliphatic heterocycles. The van der Waals surface area contributed by atoms with Gasteiger partial charge in [0.15, 0.2) is 0 Å². The van der Waals surface area contributed by atoms with E-state index in [4.69, 9.17) is 0 Å². The topological polar surface area (TPSA) is 87.4 Å². The fraction of sp³-hybridized carbons (Fsp3) is 0.421. The van der Waals surface area contributed by atoms with Gasteiger partial charge in [0.2, 0.25) is 5.95 Å². The minimum atomic E-state index is -0.915. The summed E-state index contributed by atoms with van der Waals surface area (Å²) in [5.41, 5.74) is 2.40. The number of nitrogens with zero attached hydrogens (tertiary/aromatic N) is 4. The first kappa shape index (κ1) is 16.9. The molecule has 26 heavy (non-hydrogen) atoms. The van der Waals surface area contributed by atoms with Crippen LogP contribution in [0.4, 0.5) is 5.95 Å². The number of aliphatic hydroxyl groups is 1. The van der Waals surface area contributed by atoms with Gasteiger partial charge >= 0.3 is 0 Å². The molecule has 0 saturated carbocycles. The monoisotopic (exact) mass is 352 g/mol. The molecule has 1 aliphatic rings. The van der Waals surface area contributed by atoms with Gasteiger partial charge in [-0.1, -0.05) is 6.07 Å². The third-order valence-electron chi connectivity index (χ3n) is 4.76. The molecule has 1 fully saturated rings. The Kier molecular flexibility index (Phi) is 4.34. The van der Waals surface area contributed by atoms with Crippen molar-refractivity contribution in [2.75, 3.05) is 18.4 Å². The largest absolute Gasteiger partial charge is 0.386 e. The van der Waals surface area contributed by atoms with Gasteiger partial charge in [0, 0.05) is 25.0 Å². The standard InChI is InChI=1S/C19H24N6O/c1-19(2,26)13-5-6-17-22-11-16(25(17)12-13)15-7-9-21-18(24-15)23-14-4-3-8-20-10-14/h5-7,9,11-12,14,20,26H,3-4,8,10H2,1-2H3,(H,21,23,24)/t14-/m1/s1. The predicted molar refractivity (Wildman–Crippen MR) is 101 cm³/mol. The zero-order valence-electron chi connectivity index (χ0n) is 15.1. The number of piperidine rings is 1. The molecule has 0 radical (unpaired) electrons. The Balaban J connectivity index is 1.67. The number of fused-ring (bicyclic) bond motifs is 1. The molecule has 0 bridgehead atoms. The van der Waals surface area contributed by atoms with Crippen LogP contribution in [0.5, 0.6) is 0 Å². The van der Waals surface area contributed by atoms with E-state index < -0.39 is 5.60 Å². The Morgan fingerprint density at radius 2 is 2.15 bits per heavy atom. The Morgan fingerprint density at radius 1 is 1.27 bits per heavy atom. The van der Waals surface area contributed by atoms with E-state index >= 15 is 0 Å². The number of nitrogens with one attached hydrogen (secondary N) is 2. The summed E-state index contributed by atoms with van der Waals surface area (Å²) in [5.74, 6) is 0.629. The van der Waals surface area contributed by atoms with E-state index in [-0.39, 0.29) is 0 Å². The van der Waals surface area contributed by atoms with Gasteiger partial charge in [-0.25, -0.2) is 15.0 Å². The molecule has 3 aromatic heterocycles. The van der Waals surface area contributed by atoms with Gasteiger partial charge in [-0.2, -0.15) is 0 Å². The van der Waals surface area contributed by atoms with E-state index in [1.54, 1.807) is 26.2 Å². The van der Waals surface area contributed by atoms with Gasteiger partial charge in [-0.05, 0) is 50.9 Å². The van der Waals surface area contributed by atoms with Crippen molar-refractivity contribution in [1.82, 2.24) is 24.7 Å². The molecule has 1 saturated heterocycles. The Labute approximate surface area is 152 Å². The number of hydrogen-bond acceptors (Lipinski definition) is 6. The van der Waals surface area contributed by atoms with Crippen LogP contribution in [0, 0.1) is 0 Å². The van der Waals surface area contributed by atoms with Crippen LogP contribution in [-0.2, 0) is 5.60 Å². The van der Waals surface area contributed by atoms with Crippen molar-refractivity contribution in [2.24, 2.45) is 0 Å². The van der Waals surface area contributed by atoms with E-state index in [0.29, 0.717) is 12.0 Å². The molecule has 136 valence electrons. The summed E-state index contributed by atoms with van der Waals surface area (Å²) in [6, 6.07) is 6.04. The molecule has 0 spiro atoms. The maximum absolute atomic E-state index is 10.3. The van der Waals surface area contributed by atoms with Crippen molar-refractivity contribution >= 4 is 11.6 Å². The van der Waals surface area contributed by atoms with Crippen LogP contribution in [0.25, 0.3) is 17.0 Å². The van der Waals surface area contributed by atoms with Crippen LogP contribution in [0.1, 0.15) is 32.3 Å². The number of imidazole rings is 1. The molecule has 7 nitrogen and oxygen atoms in total. The molecule has 1 atom stereocenters. The first-order chi connectivity index (χ1) is 12.5. The maximum Gasteiger partial charge on any atom is 0.223 e. The first-order valence-electron chi connectivity index (χ1n) is 9.01. The summed E-state index contributed by atoms with van der Waals surface area (Å²) in [6.45, 7) is 5.55. The Bertz CT molecular complexity index is 908. The lowest BCUT2D eigenvalue weighted by molar-refractivity contribution is 0.0782. The van der Waals surface area contributed by atoms with Crippen LogP contribution < -0.4 is 10.6 Å². The van der Waals surface area contributed by atoms with Crippen molar-refractivity contribution in [3.05, 3.63) is 42.4 Å². The van der Waals surface area contributed by atoms with E-state index in [9.17, 15) is 5.11 Å². The number of pyridine rings is 1. The maximum atomic E-state index is 10.3. The number of rotatable bonds is 4. The first-order valence-corrected chi connectivity index (χ1v) is 9.01. The number of anilines is 1. The molecular formula is C19H24N6O. The lowest BCUT2D eigenvalue weighted by Gasteiger charge is -2.23. The van der Waals surface area contributed by atoms with Gasteiger partial charge < -0.3 is 15.7 Å². The zero-order chi connectivity index (χ0) is 18.1. The second-order valence-electron chi connectivity index (χ2n) is 7.30. The molecule has 3 aromatic rings. The van der Waals surface area contributed by atoms with Gasteiger partial charge in [0.25, 0.3) is 0 Å². The van der Waals surface area contributed by atoms with Crippen LogP contribution in [0.2, 0.25) is 0 Å². The highest BCUT2D eigenvalue weighted by atomic mass is 16.3. The lowest BCUT2D eigenvalue weighted by atomic mass is 10.0.